The van der Waals surface area contributed by atoms with Crippen LogP contribution < -0.4 is 4.90 Å². The van der Waals surface area contributed by atoms with Crippen molar-refractivity contribution in [3.05, 3.63) is 29.8 Å². The van der Waals surface area contributed by atoms with E-state index < -0.39 is 0 Å². The predicted octanol–water partition coefficient (Wildman–Crippen LogP) is 2.16. The van der Waals surface area contributed by atoms with E-state index in [9.17, 15) is 4.79 Å². The zero-order valence-corrected chi connectivity index (χ0v) is 11.5. The molecule has 1 aromatic carbocycles. The average Bonchev–Trinajstić information content (AvgIpc) is 2.40. The zero-order valence-electron chi connectivity index (χ0n) is 11.5. The molecular formula is C15H22N2O. The zero-order chi connectivity index (χ0) is 13.1. The van der Waals surface area contributed by atoms with Crippen LogP contribution in [-0.4, -0.2) is 37.5 Å². The minimum Gasteiger partial charge on any atom is -0.374 e. The summed E-state index contributed by atoms with van der Waals surface area (Å²) in [6, 6.07) is 8.37. The van der Waals surface area contributed by atoms with E-state index in [1.165, 1.54) is 11.3 Å². The first-order chi connectivity index (χ1) is 8.67. The van der Waals surface area contributed by atoms with Crippen LogP contribution in [0.25, 0.3) is 0 Å². The van der Waals surface area contributed by atoms with E-state index >= 15 is 0 Å². The van der Waals surface area contributed by atoms with Gasteiger partial charge in [-0.2, -0.15) is 0 Å². The van der Waals surface area contributed by atoms with Gasteiger partial charge in [0.2, 0.25) is 5.91 Å². The summed E-state index contributed by atoms with van der Waals surface area (Å²) in [7, 11) is 2.07. The second-order valence-corrected chi connectivity index (χ2v) is 4.92. The van der Waals surface area contributed by atoms with Crippen LogP contribution in [0.1, 0.15) is 19.4 Å². The van der Waals surface area contributed by atoms with E-state index in [4.69, 9.17) is 0 Å². The highest BCUT2D eigenvalue weighted by molar-refractivity contribution is 5.81. The smallest absolute Gasteiger partial charge is 0.227 e. The predicted molar refractivity (Wildman–Crippen MR) is 74.8 cm³/mol. The molecule has 0 aliphatic carbocycles. The Balaban J connectivity index is 2.18. The number of carbonyl (C=O) groups is 1. The SMILES string of the molecule is CCN(CC)C(=O)[C@H]1Cc2ccccc2N(C)C1. The first kappa shape index (κ1) is 12.9. The molecule has 0 radical (unpaired) electrons. The van der Waals surface area contributed by atoms with E-state index in [1.54, 1.807) is 0 Å². The molecule has 0 saturated carbocycles. The minimum absolute atomic E-state index is 0.102. The van der Waals surface area contributed by atoms with Crippen molar-refractivity contribution in [2.24, 2.45) is 5.92 Å². The molecule has 1 heterocycles. The number of hydrogen-bond donors (Lipinski definition) is 0. The highest BCUT2D eigenvalue weighted by Crippen LogP contribution is 2.29. The fraction of sp³-hybridized carbons (Fsp3) is 0.533. The van der Waals surface area contributed by atoms with Gasteiger partial charge in [-0.15, -0.1) is 0 Å². The number of amides is 1. The number of rotatable bonds is 3. The fourth-order valence-corrected chi connectivity index (χ4v) is 2.77. The first-order valence-corrected chi connectivity index (χ1v) is 6.75. The molecule has 0 spiro atoms. The lowest BCUT2D eigenvalue weighted by Crippen LogP contribution is -2.44. The van der Waals surface area contributed by atoms with E-state index in [2.05, 4.69) is 36.2 Å². The van der Waals surface area contributed by atoms with Gasteiger partial charge in [-0.05, 0) is 31.9 Å². The van der Waals surface area contributed by atoms with Crippen LogP contribution in [-0.2, 0) is 11.2 Å². The lowest BCUT2D eigenvalue weighted by atomic mass is 9.91. The Morgan fingerprint density at radius 3 is 2.67 bits per heavy atom. The van der Waals surface area contributed by atoms with Crippen LogP contribution in [0.2, 0.25) is 0 Å². The van der Waals surface area contributed by atoms with Crippen LogP contribution >= 0.6 is 0 Å². The summed E-state index contributed by atoms with van der Waals surface area (Å²) in [5.41, 5.74) is 2.55. The molecule has 1 atom stereocenters. The van der Waals surface area contributed by atoms with Crippen molar-refractivity contribution in [2.75, 3.05) is 31.6 Å². The number of hydrogen-bond acceptors (Lipinski definition) is 2. The molecule has 1 aliphatic rings. The molecule has 3 nitrogen and oxygen atoms in total. The number of para-hydroxylation sites is 1. The van der Waals surface area contributed by atoms with Crippen LogP contribution in [0.3, 0.4) is 0 Å². The third kappa shape index (κ3) is 2.35. The molecule has 0 bridgehead atoms. The van der Waals surface area contributed by atoms with Crippen LogP contribution in [0.15, 0.2) is 24.3 Å². The second kappa shape index (κ2) is 5.42. The van der Waals surface area contributed by atoms with Gasteiger partial charge in [0.15, 0.2) is 0 Å². The van der Waals surface area contributed by atoms with Crippen molar-refractivity contribution in [1.29, 1.82) is 0 Å². The number of carbonyl (C=O) groups excluding carboxylic acids is 1. The average molecular weight is 246 g/mol. The van der Waals surface area contributed by atoms with Crippen molar-refractivity contribution < 1.29 is 4.79 Å². The maximum atomic E-state index is 12.4. The highest BCUT2D eigenvalue weighted by atomic mass is 16.2. The summed E-state index contributed by atoms with van der Waals surface area (Å²) in [6.45, 7) is 6.52. The van der Waals surface area contributed by atoms with Gasteiger partial charge in [0.1, 0.15) is 0 Å². The topological polar surface area (TPSA) is 23.6 Å². The lowest BCUT2D eigenvalue weighted by Gasteiger charge is -2.35. The maximum absolute atomic E-state index is 12.4. The molecule has 1 aliphatic heterocycles. The Bertz CT molecular complexity index is 426. The van der Waals surface area contributed by atoms with Crippen molar-refractivity contribution in [1.82, 2.24) is 4.90 Å². The molecule has 0 unspecified atom stereocenters. The first-order valence-electron chi connectivity index (χ1n) is 6.75. The van der Waals surface area contributed by atoms with E-state index in [1.807, 2.05) is 18.7 Å². The molecule has 18 heavy (non-hydrogen) atoms. The van der Waals surface area contributed by atoms with Gasteiger partial charge in [-0.25, -0.2) is 0 Å². The second-order valence-electron chi connectivity index (χ2n) is 4.92. The van der Waals surface area contributed by atoms with E-state index in [0.29, 0.717) is 5.91 Å². The maximum Gasteiger partial charge on any atom is 0.227 e. The molecule has 1 amide bonds. The van der Waals surface area contributed by atoms with Crippen LogP contribution in [0.4, 0.5) is 5.69 Å². The normalized spacial score (nSPS) is 18.4. The summed E-state index contributed by atoms with van der Waals surface area (Å²) >= 11 is 0. The Hall–Kier alpha value is -1.51. The number of nitrogens with zero attached hydrogens (tertiary/aromatic N) is 2. The summed E-state index contributed by atoms with van der Waals surface area (Å²) < 4.78 is 0. The monoisotopic (exact) mass is 246 g/mol. The van der Waals surface area contributed by atoms with Gasteiger partial charge in [-0.3, -0.25) is 4.79 Å². The number of fused-ring (bicyclic) bond motifs is 1. The van der Waals surface area contributed by atoms with Gasteiger partial charge in [0.25, 0.3) is 0 Å². The van der Waals surface area contributed by atoms with E-state index in [-0.39, 0.29) is 5.92 Å². The van der Waals surface area contributed by atoms with Gasteiger partial charge in [0.05, 0.1) is 5.92 Å². The molecule has 3 heteroatoms. The summed E-state index contributed by atoms with van der Waals surface area (Å²) in [5.74, 6) is 0.395. The Morgan fingerprint density at radius 2 is 2.00 bits per heavy atom. The fourth-order valence-electron chi connectivity index (χ4n) is 2.77. The van der Waals surface area contributed by atoms with Crippen molar-refractivity contribution >= 4 is 11.6 Å². The molecule has 0 fully saturated rings. The van der Waals surface area contributed by atoms with Gasteiger partial charge in [0, 0.05) is 32.4 Å². The third-order valence-corrected chi connectivity index (χ3v) is 3.79. The Morgan fingerprint density at radius 1 is 1.33 bits per heavy atom. The molecule has 0 aromatic heterocycles. The Labute approximate surface area is 109 Å². The van der Waals surface area contributed by atoms with Gasteiger partial charge in [-0.1, -0.05) is 18.2 Å². The van der Waals surface area contributed by atoms with Crippen molar-refractivity contribution in [2.45, 2.75) is 20.3 Å². The van der Waals surface area contributed by atoms with E-state index in [0.717, 1.165) is 26.1 Å². The number of anilines is 1. The van der Waals surface area contributed by atoms with Crippen molar-refractivity contribution in [3.63, 3.8) is 0 Å². The lowest BCUT2D eigenvalue weighted by molar-refractivity contribution is -0.134. The van der Waals surface area contributed by atoms with Gasteiger partial charge < -0.3 is 9.80 Å². The third-order valence-electron chi connectivity index (χ3n) is 3.79. The Kier molecular flexibility index (Phi) is 3.90. The number of benzene rings is 1. The molecule has 0 N–H and O–H groups in total. The quantitative estimate of drug-likeness (QED) is 0.816. The standard InChI is InChI=1S/C15H22N2O/c1-4-17(5-2)15(18)13-10-12-8-6-7-9-14(12)16(3)11-13/h6-9,13H,4-5,10-11H2,1-3H3/t13-/m0/s1. The van der Waals surface area contributed by atoms with Gasteiger partial charge >= 0.3 is 0 Å². The molecular weight excluding hydrogens is 224 g/mol. The summed E-state index contributed by atoms with van der Waals surface area (Å²) in [6.07, 6.45) is 0.871. The van der Waals surface area contributed by atoms with Crippen LogP contribution in [0, 0.1) is 5.92 Å². The minimum atomic E-state index is 0.102. The highest BCUT2D eigenvalue weighted by Gasteiger charge is 2.29. The molecule has 1 aromatic rings. The summed E-state index contributed by atoms with van der Waals surface area (Å²) in [5, 5.41) is 0. The molecule has 2 rings (SSSR count). The van der Waals surface area contributed by atoms with Crippen molar-refractivity contribution in [3.8, 4) is 0 Å². The summed E-state index contributed by atoms with van der Waals surface area (Å²) in [4.78, 5) is 16.6. The molecule has 0 saturated heterocycles. The van der Waals surface area contributed by atoms with Crippen LogP contribution in [0.5, 0.6) is 0 Å². The molecule has 98 valence electrons. The largest absolute Gasteiger partial charge is 0.374 e.